The smallest absolute Gasteiger partial charge is 0.335 e. The van der Waals surface area contributed by atoms with Crippen molar-refractivity contribution < 1.29 is 24.2 Å². The molecule has 0 saturated carbocycles. The molecule has 1 amide bonds. The average Bonchev–Trinajstić information content (AvgIpc) is 2.87. The minimum atomic E-state index is -0.985. The largest absolute Gasteiger partial charge is 0.493 e. The van der Waals surface area contributed by atoms with Gasteiger partial charge in [0.1, 0.15) is 6.61 Å². The van der Waals surface area contributed by atoms with E-state index < -0.39 is 5.97 Å². The fraction of sp³-hybridized carbons (Fsp3) is 0.0741. The molecule has 4 aromatic carbocycles. The van der Waals surface area contributed by atoms with Crippen LogP contribution in [0.3, 0.4) is 0 Å². The lowest BCUT2D eigenvalue weighted by atomic mass is 10.0. The SMILES string of the molecule is COc1cccc(/C=N\NC(=O)c2cccc3ccccc23)c1OCc1ccc(C(=O)O)cc1. The van der Waals surface area contributed by atoms with E-state index in [4.69, 9.17) is 14.6 Å². The van der Waals surface area contributed by atoms with Crippen molar-refractivity contribution in [3.05, 3.63) is 107 Å². The quantitative estimate of drug-likeness (QED) is 0.292. The Labute approximate surface area is 196 Å². The van der Waals surface area contributed by atoms with Crippen LogP contribution in [0.15, 0.2) is 90.0 Å². The van der Waals surface area contributed by atoms with Crippen LogP contribution in [0.25, 0.3) is 10.8 Å². The molecule has 0 fully saturated rings. The Morgan fingerprint density at radius 3 is 2.44 bits per heavy atom. The standard InChI is InChI=1S/C27H22N2O5/c1-33-24-11-5-8-21(25(24)34-17-18-12-14-20(15-13-18)27(31)32)16-28-29-26(30)23-10-4-7-19-6-2-3-9-22(19)23/h2-16H,17H2,1H3,(H,29,30)(H,31,32)/b28-16-. The Kier molecular flexibility index (Phi) is 6.84. The predicted octanol–water partition coefficient (Wildman–Crippen LogP) is 4.89. The number of hydrogen-bond donors (Lipinski definition) is 2. The number of rotatable bonds is 8. The molecule has 0 aromatic heterocycles. The van der Waals surface area contributed by atoms with Crippen molar-refractivity contribution in [2.75, 3.05) is 7.11 Å². The van der Waals surface area contributed by atoms with E-state index in [1.54, 1.807) is 36.4 Å². The summed E-state index contributed by atoms with van der Waals surface area (Å²) < 4.78 is 11.4. The second-order valence-corrected chi connectivity index (χ2v) is 7.40. The van der Waals surface area contributed by atoms with Gasteiger partial charge in [-0.25, -0.2) is 10.2 Å². The molecule has 7 nitrogen and oxygen atoms in total. The lowest BCUT2D eigenvalue weighted by Crippen LogP contribution is -2.18. The second kappa shape index (κ2) is 10.3. The zero-order valence-electron chi connectivity index (χ0n) is 18.4. The first kappa shape index (κ1) is 22.5. The summed E-state index contributed by atoms with van der Waals surface area (Å²) in [6.07, 6.45) is 1.49. The zero-order valence-corrected chi connectivity index (χ0v) is 18.4. The number of carbonyl (C=O) groups excluding carboxylic acids is 1. The molecule has 0 atom stereocenters. The summed E-state index contributed by atoms with van der Waals surface area (Å²) in [4.78, 5) is 23.8. The molecule has 0 aliphatic carbocycles. The molecule has 170 valence electrons. The summed E-state index contributed by atoms with van der Waals surface area (Å²) in [5.74, 6) is -0.347. The number of hydrogen-bond acceptors (Lipinski definition) is 5. The van der Waals surface area contributed by atoms with E-state index in [-0.39, 0.29) is 18.1 Å². The highest BCUT2D eigenvalue weighted by molar-refractivity contribution is 6.07. The molecular weight excluding hydrogens is 432 g/mol. The summed E-state index contributed by atoms with van der Waals surface area (Å²) in [5, 5.41) is 15.0. The van der Waals surface area contributed by atoms with Crippen LogP contribution < -0.4 is 14.9 Å². The normalized spacial score (nSPS) is 10.9. The third-order valence-electron chi connectivity index (χ3n) is 5.22. The zero-order chi connectivity index (χ0) is 23.9. The van der Waals surface area contributed by atoms with Crippen molar-refractivity contribution in [1.29, 1.82) is 0 Å². The number of nitrogens with zero attached hydrogens (tertiary/aromatic N) is 1. The average molecular weight is 454 g/mol. The van der Waals surface area contributed by atoms with E-state index in [2.05, 4.69) is 10.5 Å². The van der Waals surface area contributed by atoms with Gasteiger partial charge in [0.2, 0.25) is 0 Å². The lowest BCUT2D eigenvalue weighted by molar-refractivity contribution is 0.0696. The minimum absolute atomic E-state index is 0.198. The van der Waals surface area contributed by atoms with Crippen LogP contribution in [-0.4, -0.2) is 30.3 Å². The van der Waals surface area contributed by atoms with Gasteiger partial charge in [0.05, 0.1) is 18.9 Å². The van der Waals surface area contributed by atoms with Gasteiger partial charge in [0.15, 0.2) is 11.5 Å². The van der Waals surface area contributed by atoms with Gasteiger partial charge < -0.3 is 14.6 Å². The molecule has 0 radical (unpaired) electrons. The van der Waals surface area contributed by atoms with Gasteiger partial charge in [-0.3, -0.25) is 4.79 Å². The van der Waals surface area contributed by atoms with Crippen molar-refractivity contribution in [2.24, 2.45) is 5.10 Å². The van der Waals surface area contributed by atoms with E-state index in [0.29, 0.717) is 22.6 Å². The van der Waals surface area contributed by atoms with Crippen LogP contribution in [0, 0.1) is 0 Å². The summed E-state index contributed by atoms with van der Waals surface area (Å²) >= 11 is 0. The number of amides is 1. The Morgan fingerprint density at radius 1 is 0.941 bits per heavy atom. The third kappa shape index (κ3) is 5.05. The Bertz CT molecular complexity index is 1360. The number of aromatic carboxylic acids is 1. The Morgan fingerprint density at radius 2 is 1.68 bits per heavy atom. The maximum Gasteiger partial charge on any atom is 0.335 e. The van der Waals surface area contributed by atoms with Gasteiger partial charge in [-0.2, -0.15) is 5.10 Å². The summed E-state index contributed by atoms with van der Waals surface area (Å²) in [6, 6.07) is 25.0. The third-order valence-corrected chi connectivity index (χ3v) is 5.22. The van der Waals surface area contributed by atoms with Crippen LogP contribution in [0.5, 0.6) is 11.5 Å². The molecule has 0 aliphatic heterocycles. The number of methoxy groups -OCH3 is 1. The molecule has 0 spiro atoms. The monoisotopic (exact) mass is 454 g/mol. The predicted molar refractivity (Wildman–Crippen MR) is 130 cm³/mol. The molecular formula is C27H22N2O5. The molecule has 34 heavy (non-hydrogen) atoms. The highest BCUT2D eigenvalue weighted by atomic mass is 16.5. The maximum atomic E-state index is 12.7. The van der Waals surface area contributed by atoms with Crippen LogP contribution in [-0.2, 0) is 6.61 Å². The van der Waals surface area contributed by atoms with Crippen LogP contribution in [0.4, 0.5) is 0 Å². The van der Waals surface area contributed by atoms with Gasteiger partial charge >= 0.3 is 5.97 Å². The molecule has 4 aromatic rings. The first-order valence-electron chi connectivity index (χ1n) is 10.5. The van der Waals surface area contributed by atoms with Crippen molar-refractivity contribution in [3.63, 3.8) is 0 Å². The number of para-hydroxylation sites is 1. The Balaban J connectivity index is 1.50. The van der Waals surface area contributed by atoms with Gasteiger partial charge in [-0.1, -0.05) is 54.6 Å². The summed E-state index contributed by atoms with van der Waals surface area (Å²) in [7, 11) is 1.53. The van der Waals surface area contributed by atoms with Gasteiger partial charge in [-0.15, -0.1) is 0 Å². The number of carboxylic acid groups (broad SMARTS) is 1. The summed E-state index contributed by atoms with van der Waals surface area (Å²) in [6.45, 7) is 0.198. The van der Waals surface area contributed by atoms with E-state index >= 15 is 0 Å². The number of fused-ring (bicyclic) bond motifs is 1. The highest BCUT2D eigenvalue weighted by Crippen LogP contribution is 2.31. The lowest BCUT2D eigenvalue weighted by Gasteiger charge is -2.13. The van der Waals surface area contributed by atoms with Crippen molar-refractivity contribution in [2.45, 2.75) is 6.61 Å². The fourth-order valence-electron chi connectivity index (χ4n) is 3.49. The molecule has 0 aliphatic rings. The molecule has 0 unspecified atom stereocenters. The van der Waals surface area contributed by atoms with Crippen LogP contribution in [0.2, 0.25) is 0 Å². The van der Waals surface area contributed by atoms with E-state index in [1.165, 1.54) is 25.5 Å². The van der Waals surface area contributed by atoms with Crippen molar-refractivity contribution in [1.82, 2.24) is 5.43 Å². The number of carboxylic acids is 1. The molecule has 2 N–H and O–H groups in total. The van der Waals surface area contributed by atoms with Gasteiger partial charge in [0, 0.05) is 11.1 Å². The number of nitrogens with one attached hydrogen (secondary N) is 1. The van der Waals surface area contributed by atoms with E-state index in [1.807, 2.05) is 36.4 Å². The van der Waals surface area contributed by atoms with Crippen molar-refractivity contribution in [3.8, 4) is 11.5 Å². The molecule has 0 saturated heterocycles. The molecule has 4 rings (SSSR count). The van der Waals surface area contributed by atoms with E-state index in [0.717, 1.165) is 16.3 Å². The topological polar surface area (TPSA) is 97.2 Å². The number of carbonyl (C=O) groups is 2. The number of hydrazone groups is 1. The number of benzene rings is 4. The first-order valence-corrected chi connectivity index (χ1v) is 10.5. The Hall–Kier alpha value is -4.65. The first-order chi connectivity index (χ1) is 16.6. The van der Waals surface area contributed by atoms with E-state index in [9.17, 15) is 9.59 Å². The maximum absolute atomic E-state index is 12.7. The summed E-state index contributed by atoms with van der Waals surface area (Å²) in [5.41, 5.74) is 4.71. The second-order valence-electron chi connectivity index (χ2n) is 7.40. The van der Waals surface area contributed by atoms with Gasteiger partial charge in [-0.05, 0) is 46.7 Å². The number of ether oxygens (including phenoxy) is 2. The van der Waals surface area contributed by atoms with Gasteiger partial charge in [0.25, 0.3) is 5.91 Å². The highest BCUT2D eigenvalue weighted by Gasteiger charge is 2.12. The minimum Gasteiger partial charge on any atom is -0.493 e. The van der Waals surface area contributed by atoms with Crippen LogP contribution >= 0.6 is 0 Å². The molecule has 0 heterocycles. The van der Waals surface area contributed by atoms with Crippen LogP contribution in [0.1, 0.15) is 31.8 Å². The molecule has 7 heteroatoms. The fourth-order valence-corrected chi connectivity index (χ4v) is 3.49. The van der Waals surface area contributed by atoms with Crippen molar-refractivity contribution >= 4 is 28.9 Å². The molecule has 0 bridgehead atoms.